The maximum atomic E-state index is 13.6. The molecule has 0 saturated carbocycles. The van der Waals surface area contributed by atoms with Gasteiger partial charge in [-0.2, -0.15) is 0 Å². The molecule has 0 unspecified atom stereocenters. The smallest absolute Gasteiger partial charge is 0.161 e. The summed E-state index contributed by atoms with van der Waals surface area (Å²) in [6.45, 7) is 0. The summed E-state index contributed by atoms with van der Waals surface area (Å²) in [5.74, 6) is 5.32. The minimum absolute atomic E-state index is 0.231. The molecule has 0 amide bonds. The molecule has 4 N–H and O–H groups in total. The van der Waals surface area contributed by atoms with Crippen LogP contribution in [0.15, 0.2) is 28.7 Å². The number of hydrogen-bond donors (Lipinski definition) is 3. The van der Waals surface area contributed by atoms with Crippen molar-refractivity contribution in [2.75, 3.05) is 10.7 Å². The van der Waals surface area contributed by atoms with Crippen molar-refractivity contribution in [1.29, 1.82) is 0 Å². The van der Waals surface area contributed by atoms with Crippen molar-refractivity contribution >= 4 is 56.5 Å². The van der Waals surface area contributed by atoms with E-state index < -0.39 is 5.82 Å². The SMILES string of the molecule is NNc1nc(Nc2cc(Br)ccc2F)c(Cl)cc1Cl. The zero-order valence-electron chi connectivity index (χ0n) is 9.35. The zero-order valence-corrected chi connectivity index (χ0v) is 12.4. The van der Waals surface area contributed by atoms with Crippen molar-refractivity contribution in [2.45, 2.75) is 0 Å². The highest BCUT2D eigenvalue weighted by Crippen LogP contribution is 2.31. The number of anilines is 3. The minimum Gasteiger partial charge on any atom is -0.336 e. The van der Waals surface area contributed by atoms with E-state index in [9.17, 15) is 4.39 Å². The van der Waals surface area contributed by atoms with Crippen LogP contribution in [-0.2, 0) is 0 Å². The highest BCUT2D eigenvalue weighted by atomic mass is 79.9. The molecule has 0 bridgehead atoms. The fraction of sp³-hybridized carbons (Fsp3) is 0. The molecule has 0 saturated heterocycles. The molecule has 4 nitrogen and oxygen atoms in total. The second-order valence-corrected chi connectivity index (χ2v) is 5.27. The second-order valence-electron chi connectivity index (χ2n) is 3.54. The molecule has 1 aromatic carbocycles. The van der Waals surface area contributed by atoms with Gasteiger partial charge in [-0.15, -0.1) is 0 Å². The summed E-state index contributed by atoms with van der Waals surface area (Å²) in [5.41, 5.74) is 2.56. The van der Waals surface area contributed by atoms with Crippen molar-refractivity contribution < 1.29 is 4.39 Å². The van der Waals surface area contributed by atoms with Crippen LogP contribution in [0.1, 0.15) is 0 Å². The molecule has 0 aliphatic rings. The van der Waals surface area contributed by atoms with E-state index in [1.54, 1.807) is 12.1 Å². The van der Waals surface area contributed by atoms with E-state index in [0.29, 0.717) is 0 Å². The van der Waals surface area contributed by atoms with Gasteiger partial charge in [-0.25, -0.2) is 15.2 Å². The van der Waals surface area contributed by atoms with Crippen LogP contribution in [0.5, 0.6) is 0 Å². The molecule has 1 aromatic heterocycles. The first kappa shape index (κ1) is 14.3. The van der Waals surface area contributed by atoms with E-state index >= 15 is 0 Å². The molecular weight excluding hydrogens is 358 g/mol. The maximum Gasteiger partial charge on any atom is 0.161 e. The lowest BCUT2D eigenvalue weighted by atomic mass is 10.3. The molecule has 0 aliphatic heterocycles. The second kappa shape index (κ2) is 5.92. The highest BCUT2D eigenvalue weighted by molar-refractivity contribution is 9.10. The van der Waals surface area contributed by atoms with Gasteiger partial charge in [-0.3, -0.25) is 0 Å². The summed E-state index contributed by atoms with van der Waals surface area (Å²) in [6.07, 6.45) is 0. The number of rotatable bonds is 3. The molecule has 2 aromatic rings. The molecule has 0 atom stereocenters. The van der Waals surface area contributed by atoms with Crippen molar-refractivity contribution in [3.8, 4) is 0 Å². The van der Waals surface area contributed by atoms with E-state index in [1.165, 1.54) is 12.1 Å². The van der Waals surface area contributed by atoms with Crippen molar-refractivity contribution in [1.82, 2.24) is 4.98 Å². The van der Waals surface area contributed by atoms with Crippen molar-refractivity contribution in [3.05, 3.63) is 44.6 Å². The lowest BCUT2D eigenvalue weighted by Gasteiger charge is -2.11. The van der Waals surface area contributed by atoms with Crippen LogP contribution in [0.25, 0.3) is 0 Å². The molecule has 2 rings (SSSR count). The highest BCUT2D eigenvalue weighted by Gasteiger charge is 2.11. The number of aromatic nitrogens is 1. The third kappa shape index (κ3) is 3.27. The molecule has 1 heterocycles. The van der Waals surface area contributed by atoms with Crippen LogP contribution >= 0.6 is 39.1 Å². The van der Waals surface area contributed by atoms with Crippen molar-refractivity contribution in [3.63, 3.8) is 0 Å². The van der Waals surface area contributed by atoms with Crippen molar-refractivity contribution in [2.24, 2.45) is 5.84 Å². The maximum absolute atomic E-state index is 13.6. The van der Waals surface area contributed by atoms with Gasteiger partial charge < -0.3 is 10.7 Å². The Hall–Kier alpha value is -1.08. The minimum atomic E-state index is -0.432. The van der Waals surface area contributed by atoms with Crippen LogP contribution in [0.2, 0.25) is 10.0 Å². The molecular formula is C11H8BrCl2FN4. The van der Waals surface area contributed by atoms with E-state index in [2.05, 4.69) is 31.7 Å². The number of nitrogen functional groups attached to an aromatic ring is 1. The van der Waals surface area contributed by atoms with Gasteiger partial charge in [-0.1, -0.05) is 39.1 Å². The van der Waals surface area contributed by atoms with Gasteiger partial charge in [0.15, 0.2) is 11.6 Å². The largest absolute Gasteiger partial charge is 0.336 e. The third-order valence-electron chi connectivity index (χ3n) is 2.25. The number of nitrogens with zero attached hydrogens (tertiary/aromatic N) is 1. The average molecular weight is 366 g/mol. The van der Waals surface area contributed by atoms with Gasteiger partial charge >= 0.3 is 0 Å². The summed E-state index contributed by atoms with van der Waals surface area (Å²) < 4.78 is 14.3. The van der Waals surface area contributed by atoms with E-state index in [4.69, 9.17) is 29.0 Å². The van der Waals surface area contributed by atoms with Crippen LogP contribution < -0.4 is 16.6 Å². The van der Waals surface area contributed by atoms with Crippen LogP contribution in [0.3, 0.4) is 0 Å². The molecule has 100 valence electrons. The van der Waals surface area contributed by atoms with Gasteiger partial charge in [0.05, 0.1) is 15.7 Å². The van der Waals surface area contributed by atoms with E-state index in [-0.39, 0.29) is 27.4 Å². The third-order valence-corrected chi connectivity index (χ3v) is 3.32. The number of halogens is 4. The van der Waals surface area contributed by atoms with E-state index in [1.807, 2.05) is 0 Å². The van der Waals surface area contributed by atoms with Gasteiger partial charge in [0, 0.05) is 4.47 Å². The Bertz CT molecular complexity index is 624. The average Bonchev–Trinajstić information content (AvgIpc) is 2.37. The Morgan fingerprint density at radius 3 is 2.53 bits per heavy atom. The normalized spacial score (nSPS) is 10.4. The first-order valence-corrected chi connectivity index (χ1v) is 6.61. The van der Waals surface area contributed by atoms with Gasteiger partial charge in [0.1, 0.15) is 5.82 Å². The summed E-state index contributed by atoms with van der Waals surface area (Å²) in [7, 11) is 0. The summed E-state index contributed by atoms with van der Waals surface area (Å²) >= 11 is 15.1. The Labute approximate surface area is 127 Å². The first-order valence-electron chi connectivity index (χ1n) is 5.06. The Kier molecular flexibility index (Phi) is 4.46. The van der Waals surface area contributed by atoms with Gasteiger partial charge in [-0.05, 0) is 24.3 Å². The Morgan fingerprint density at radius 2 is 1.84 bits per heavy atom. The van der Waals surface area contributed by atoms with E-state index in [0.717, 1.165) is 4.47 Å². The predicted octanol–water partition coefficient (Wildman–Crippen LogP) is 4.32. The quantitative estimate of drug-likeness (QED) is 0.560. The number of hydrogen-bond acceptors (Lipinski definition) is 4. The topological polar surface area (TPSA) is 63.0 Å². The monoisotopic (exact) mass is 364 g/mol. The number of nitrogens with one attached hydrogen (secondary N) is 2. The number of pyridine rings is 1. The van der Waals surface area contributed by atoms with Gasteiger partial charge in [0.2, 0.25) is 0 Å². The predicted molar refractivity (Wildman–Crippen MR) is 79.4 cm³/mol. The van der Waals surface area contributed by atoms with Gasteiger partial charge in [0.25, 0.3) is 0 Å². The van der Waals surface area contributed by atoms with Crippen LogP contribution in [0.4, 0.5) is 21.7 Å². The zero-order chi connectivity index (χ0) is 14.0. The summed E-state index contributed by atoms with van der Waals surface area (Å²) in [5, 5.41) is 3.31. The molecule has 8 heteroatoms. The van der Waals surface area contributed by atoms with Crippen LogP contribution in [0, 0.1) is 5.82 Å². The summed E-state index contributed by atoms with van der Waals surface area (Å²) in [4.78, 5) is 4.06. The fourth-order valence-electron chi connectivity index (χ4n) is 1.38. The molecule has 0 fully saturated rings. The molecule has 0 spiro atoms. The lowest BCUT2D eigenvalue weighted by molar-refractivity contribution is 0.631. The van der Waals surface area contributed by atoms with Crippen LogP contribution in [-0.4, -0.2) is 4.98 Å². The Morgan fingerprint density at radius 1 is 1.16 bits per heavy atom. The lowest BCUT2D eigenvalue weighted by Crippen LogP contribution is -2.10. The molecule has 0 aliphatic carbocycles. The fourth-order valence-corrected chi connectivity index (χ4v) is 2.20. The first-order chi connectivity index (χ1) is 9.01. The standard InChI is InChI=1S/C11H8BrCl2FN4/c12-5-1-2-8(15)9(3-5)17-10-6(13)4-7(14)11(18-10)19-16/h1-4H,16H2,(H2,17,18,19). The Balaban J connectivity index is 2.40. The number of benzene rings is 1. The summed E-state index contributed by atoms with van der Waals surface area (Å²) in [6, 6.07) is 5.93. The number of hydrazine groups is 1. The number of nitrogens with two attached hydrogens (primary N) is 1. The molecule has 19 heavy (non-hydrogen) atoms. The molecule has 0 radical (unpaired) electrons.